The number of nitrogens with one attached hydrogen (secondary N) is 1. The maximum atomic E-state index is 11.7. The minimum Gasteiger partial charge on any atom is -0.355 e. The van der Waals surface area contributed by atoms with Crippen molar-refractivity contribution < 1.29 is 9.59 Å². The molecule has 0 unspecified atom stereocenters. The van der Waals surface area contributed by atoms with Crippen LogP contribution in [-0.2, 0) is 9.59 Å². The number of carbonyl (C=O) groups excluding carboxylic acids is 2. The van der Waals surface area contributed by atoms with E-state index in [1.807, 2.05) is 24.0 Å². The van der Waals surface area contributed by atoms with Gasteiger partial charge in [0.05, 0.1) is 6.07 Å². The number of hydrogen-bond donors (Lipinski definition) is 1. The fraction of sp³-hybridized carbons (Fsp3) is 0.643. The van der Waals surface area contributed by atoms with Crippen molar-refractivity contribution in [2.75, 3.05) is 19.6 Å². The number of nitrogens with zero attached hydrogens (tertiary/aromatic N) is 2. The average Bonchev–Trinajstić information content (AvgIpc) is 2.43. The van der Waals surface area contributed by atoms with E-state index >= 15 is 0 Å². The van der Waals surface area contributed by atoms with Gasteiger partial charge in [0, 0.05) is 19.6 Å². The quantitative estimate of drug-likeness (QED) is 0.758. The summed E-state index contributed by atoms with van der Waals surface area (Å²) in [5, 5.41) is 11.1. The third-order valence-corrected chi connectivity index (χ3v) is 3.25. The van der Waals surface area contributed by atoms with E-state index in [4.69, 9.17) is 5.26 Å². The summed E-state index contributed by atoms with van der Waals surface area (Å²) in [6.45, 7) is 4.09. The Morgan fingerprint density at radius 2 is 2.11 bits per heavy atom. The molecule has 0 atom stereocenters. The van der Waals surface area contributed by atoms with Gasteiger partial charge in [-0.05, 0) is 31.3 Å². The summed E-state index contributed by atoms with van der Waals surface area (Å²) >= 11 is 0. The summed E-state index contributed by atoms with van der Waals surface area (Å²) in [6, 6.07) is 1.82. The fourth-order valence-corrected chi connectivity index (χ4v) is 2.07. The number of allylic oxidation sites excluding steroid dienone is 1. The van der Waals surface area contributed by atoms with Gasteiger partial charge in [-0.25, -0.2) is 0 Å². The smallest absolute Gasteiger partial charge is 0.246 e. The maximum Gasteiger partial charge on any atom is 0.246 e. The number of hydrogen-bond acceptors (Lipinski definition) is 3. The van der Waals surface area contributed by atoms with Gasteiger partial charge in [0.25, 0.3) is 0 Å². The van der Waals surface area contributed by atoms with E-state index < -0.39 is 0 Å². The van der Waals surface area contributed by atoms with Gasteiger partial charge in [0.2, 0.25) is 11.8 Å². The molecular weight excluding hydrogens is 242 g/mol. The maximum absolute atomic E-state index is 11.7. The zero-order valence-corrected chi connectivity index (χ0v) is 11.4. The van der Waals surface area contributed by atoms with E-state index in [-0.39, 0.29) is 18.2 Å². The molecule has 1 N–H and O–H groups in total. The predicted molar refractivity (Wildman–Crippen MR) is 72.0 cm³/mol. The van der Waals surface area contributed by atoms with Gasteiger partial charge in [0.1, 0.15) is 6.42 Å². The summed E-state index contributed by atoms with van der Waals surface area (Å²) in [7, 11) is 0. The molecule has 5 heteroatoms. The van der Waals surface area contributed by atoms with E-state index in [9.17, 15) is 9.59 Å². The first kappa shape index (κ1) is 15.2. The third kappa shape index (κ3) is 5.56. The molecule has 0 aliphatic carbocycles. The molecule has 1 rings (SSSR count). The van der Waals surface area contributed by atoms with Crippen LogP contribution in [0.4, 0.5) is 0 Å². The largest absolute Gasteiger partial charge is 0.355 e. The second-order valence-corrected chi connectivity index (χ2v) is 4.72. The Labute approximate surface area is 114 Å². The molecule has 1 fully saturated rings. The molecule has 0 aromatic heterocycles. The molecule has 0 bridgehead atoms. The Morgan fingerprint density at radius 3 is 2.68 bits per heavy atom. The molecule has 1 heterocycles. The van der Waals surface area contributed by atoms with Crippen molar-refractivity contribution in [1.82, 2.24) is 10.2 Å². The van der Waals surface area contributed by atoms with Gasteiger partial charge >= 0.3 is 0 Å². The van der Waals surface area contributed by atoms with Crippen molar-refractivity contribution in [3.05, 3.63) is 12.2 Å². The lowest BCUT2D eigenvalue weighted by atomic mass is 9.96. The van der Waals surface area contributed by atoms with Crippen molar-refractivity contribution in [2.45, 2.75) is 32.6 Å². The third-order valence-electron chi connectivity index (χ3n) is 3.25. The van der Waals surface area contributed by atoms with Crippen LogP contribution in [0.2, 0.25) is 0 Å². The lowest BCUT2D eigenvalue weighted by Gasteiger charge is -2.31. The number of piperidine rings is 1. The topological polar surface area (TPSA) is 73.2 Å². The zero-order chi connectivity index (χ0) is 14.1. The number of amides is 2. The van der Waals surface area contributed by atoms with Crippen molar-refractivity contribution in [3.8, 4) is 6.07 Å². The van der Waals surface area contributed by atoms with Crippen molar-refractivity contribution >= 4 is 11.8 Å². The number of nitriles is 1. The van der Waals surface area contributed by atoms with Gasteiger partial charge in [-0.1, -0.05) is 13.0 Å². The van der Waals surface area contributed by atoms with Crippen LogP contribution in [0.25, 0.3) is 0 Å². The van der Waals surface area contributed by atoms with Crippen molar-refractivity contribution in [3.63, 3.8) is 0 Å². The van der Waals surface area contributed by atoms with Crippen LogP contribution < -0.4 is 5.32 Å². The molecular formula is C14H21N3O2. The van der Waals surface area contributed by atoms with E-state index in [1.165, 1.54) is 0 Å². The Balaban J connectivity index is 2.25. The second kappa shape index (κ2) is 8.30. The normalized spacial score (nSPS) is 16.3. The zero-order valence-electron chi connectivity index (χ0n) is 11.4. The van der Waals surface area contributed by atoms with E-state index in [2.05, 4.69) is 5.32 Å². The van der Waals surface area contributed by atoms with Crippen LogP contribution in [0.5, 0.6) is 0 Å². The lowest BCUT2D eigenvalue weighted by Crippen LogP contribution is -2.40. The first-order chi connectivity index (χ1) is 9.17. The molecule has 0 radical (unpaired) electrons. The van der Waals surface area contributed by atoms with Gasteiger partial charge in [-0.3, -0.25) is 9.59 Å². The Bertz CT molecular complexity index is 377. The molecule has 2 amide bonds. The highest BCUT2D eigenvalue weighted by Gasteiger charge is 2.21. The van der Waals surface area contributed by atoms with Crippen LogP contribution in [0.3, 0.4) is 0 Å². The Kier molecular flexibility index (Phi) is 6.65. The molecule has 1 aliphatic rings. The Morgan fingerprint density at radius 1 is 1.42 bits per heavy atom. The van der Waals surface area contributed by atoms with Gasteiger partial charge < -0.3 is 10.2 Å². The fourth-order valence-electron chi connectivity index (χ4n) is 2.07. The summed E-state index contributed by atoms with van der Waals surface area (Å²) in [6.07, 6.45) is 6.09. The van der Waals surface area contributed by atoms with Gasteiger partial charge in [-0.2, -0.15) is 5.26 Å². The molecule has 1 aliphatic heterocycles. The van der Waals surface area contributed by atoms with E-state index in [1.54, 1.807) is 6.08 Å². The molecule has 0 aromatic carbocycles. The first-order valence-electron chi connectivity index (χ1n) is 6.76. The highest BCUT2D eigenvalue weighted by Crippen LogP contribution is 2.16. The van der Waals surface area contributed by atoms with Gasteiger partial charge in [-0.15, -0.1) is 0 Å². The molecule has 0 aromatic rings. The monoisotopic (exact) mass is 263 g/mol. The SMILES string of the molecule is CC/C=C/C(=O)N1CCC(CNC(=O)CC#N)CC1. The first-order valence-corrected chi connectivity index (χ1v) is 6.76. The molecule has 5 nitrogen and oxygen atoms in total. The lowest BCUT2D eigenvalue weighted by molar-refractivity contribution is -0.127. The van der Waals surface area contributed by atoms with Crippen LogP contribution in [0, 0.1) is 17.2 Å². The van der Waals surface area contributed by atoms with E-state index in [0.29, 0.717) is 12.5 Å². The van der Waals surface area contributed by atoms with Crippen molar-refractivity contribution in [1.29, 1.82) is 5.26 Å². The number of rotatable bonds is 5. The Hall–Kier alpha value is -1.83. The summed E-state index contributed by atoms with van der Waals surface area (Å²) in [4.78, 5) is 24.8. The minimum absolute atomic E-state index is 0.0776. The number of carbonyl (C=O) groups is 2. The molecule has 19 heavy (non-hydrogen) atoms. The predicted octanol–water partition coefficient (Wildman–Crippen LogP) is 1.22. The van der Waals surface area contributed by atoms with Crippen LogP contribution in [0.1, 0.15) is 32.6 Å². The number of likely N-dealkylation sites (tertiary alicyclic amines) is 1. The standard InChI is InChI=1S/C14H21N3O2/c1-2-3-4-14(19)17-9-6-12(7-10-17)11-16-13(18)5-8-15/h3-4,12H,2,5-7,9-11H2,1H3,(H,16,18)/b4-3+. The van der Waals surface area contributed by atoms with Crippen LogP contribution in [0.15, 0.2) is 12.2 Å². The van der Waals surface area contributed by atoms with Crippen LogP contribution >= 0.6 is 0 Å². The minimum atomic E-state index is -0.216. The van der Waals surface area contributed by atoms with Crippen molar-refractivity contribution in [2.24, 2.45) is 5.92 Å². The average molecular weight is 263 g/mol. The molecule has 104 valence electrons. The highest BCUT2D eigenvalue weighted by atomic mass is 16.2. The van der Waals surface area contributed by atoms with E-state index in [0.717, 1.165) is 32.4 Å². The second-order valence-electron chi connectivity index (χ2n) is 4.72. The highest BCUT2D eigenvalue weighted by molar-refractivity contribution is 5.87. The summed E-state index contributed by atoms with van der Waals surface area (Å²) in [5.74, 6) is 0.266. The van der Waals surface area contributed by atoms with Crippen LogP contribution in [-0.4, -0.2) is 36.3 Å². The molecule has 0 spiro atoms. The molecule has 1 saturated heterocycles. The van der Waals surface area contributed by atoms with Gasteiger partial charge in [0.15, 0.2) is 0 Å². The summed E-state index contributed by atoms with van der Waals surface area (Å²) < 4.78 is 0. The summed E-state index contributed by atoms with van der Waals surface area (Å²) in [5.41, 5.74) is 0. The molecule has 0 saturated carbocycles.